The van der Waals surface area contributed by atoms with Gasteiger partial charge in [0.05, 0.1) is 35.5 Å². The summed E-state index contributed by atoms with van der Waals surface area (Å²) in [6.07, 6.45) is 3.57. The summed E-state index contributed by atoms with van der Waals surface area (Å²) in [4.78, 5) is 12.6. The maximum absolute atomic E-state index is 14.5. The summed E-state index contributed by atoms with van der Waals surface area (Å²) in [6, 6.07) is 10.4. The Morgan fingerprint density at radius 3 is 1.95 bits per heavy atom. The van der Waals surface area contributed by atoms with Gasteiger partial charge < -0.3 is 29.0 Å². The number of anilines is 1. The van der Waals surface area contributed by atoms with Crippen LogP contribution in [0.2, 0.25) is 0 Å². The molecule has 0 aromatic heterocycles. The number of ketones is 1. The lowest BCUT2D eigenvalue weighted by molar-refractivity contribution is 0.0986. The highest BCUT2D eigenvalue weighted by atomic mass is 19.1. The molecule has 0 fully saturated rings. The summed E-state index contributed by atoms with van der Waals surface area (Å²) in [5.41, 5.74) is 2.04. The summed E-state index contributed by atoms with van der Waals surface area (Å²) in [5, 5.41) is 3.15. The average molecular weight is 514 g/mol. The average Bonchev–Trinajstić information content (AvgIpc) is 2.91. The van der Waals surface area contributed by atoms with Crippen molar-refractivity contribution in [2.24, 2.45) is 0 Å². The minimum absolute atomic E-state index is 0.0518. The third kappa shape index (κ3) is 6.49. The van der Waals surface area contributed by atoms with Crippen molar-refractivity contribution in [1.82, 2.24) is 0 Å². The van der Waals surface area contributed by atoms with Crippen LogP contribution in [0.25, 0.3) is 12.2 Å². The van der Waals surface area contributed by atoms with Crippen LogP contribution in [0, 0.1) is 11.6 Å². The van der Waals surface area contributed by atoms with Crippen LogP contribution < -0.4 is 29.0 Å². The molecule has 0 aliphatic heterocycles. The van der Waals surface area contributed by atoms with Crippen molar-refractivity contribution in [3.63, 3.8) is 0 Å². The van der Waals surface area contributed by atoms with Crippen LogP contribution in [-0.2, 0) is 0 Å². The summed E-state index contributed by atoms with van der Waals surface area (Å²) >= 11 is 0. The first-order chi connectivity index (χ1) is 17.8. The second-order valence-corrected chi connectivity index (χ2v) is 7.82. The van der Waals surface area contributed by atoms with E-state index in [0.717, 1.165) is 11.6 Å². The number of methoxy groups -OCH3 is 5. The van der Waals surface area contributed by atoms with Crippen LogP contribution in [0.5, 0.6) is 28.7 Å². The molecule has 3 rings (SSSR count). The Hall–Kier alpha value is -4.27. The third-order valence-corrected chi connectivity index (χ3v) is 5.61. The van der Waals surface area contributed by atoms with E-state index in [1.54, 1.807) is 24.3 Å². The lowest BCUT2D eigenvalue weighted by atomic mass is 10.1. The Labute approximate surface area is 214 Å². The number of halogens is 2. The Balaban J connectivity index is 1.82. The number of Topliss-reactive ketones (excluding diaryl/α,β-unsaturated/α-hetero) is 1. The van der Waals surface area contributed by atoms with E-state index >= 15 is 0 Å². The molecule has 0 heterocycles. The zero-order chi connectivity index (χ0) is 26.9. The molecule has 0 saturated carbocycles. The van der Waals surface area contributed by atoms with Crippen molar-refractivity contribution in [2.75, 3.05) is 47.4 Å². The SMILES string of the molecule is COc1ccc(C(=O)CCNc2cc(OC)c(F)cc2/C=C\c2cc(OC)c(OC)c(OC)c2)cc1F. The van der Waals surface area contributed by atoms with Gasteiger partial charge in [0.2, 0.25) is 5.75 Å². The zero-order valence-electron chi connectivity index (χ0n) is 21.3. The Bertz CT molecular complexity index is 1270. The first-order valence-corrected chi connectivity index (χ1v) is 11.3. The van der Waals surface area contributed by atoms with E-state index in [4.69, 9.17) is 23.7 Å². The minimum Gasteiger partial charge on any atom is -0.494 e. The van der Waals surface area contributed by atoms with Crippen LogP contribution in [0.1, 0.15) is 27.9 Å². The van der Waals surface area contributed by atoms with E-state index in [1.807, 2.05) is 0 Å². The zero-order valence-corrected chi connectivity index (χ0v) is 21.3. The maximum atomic E-state index is 14.5. The topological polar surface area (TPSA) is 75.3 Å². The molecule has 0 bridgehead atoms. The Kier molecular flexibility index (Phi) is 9.32. The van der Waals surface area contributed by atoms with Gasteiger partial charge in [0.1, 0.15) is 0 Å². The molecule has 0 atom stereocenters. The Morgan fingerprint density at radius 2 is 1.38 bits per heavy atom. The smallest absolute Gasteiger partial charge is 0.203 e. The largest absolute Gasteiger partial charge is 0.494 e. The lowest BCUT2D eigenvalue weighted by Gasteiger charge is -2.14. The predicted octanol–water partition coefficient (Wildman–Crippen LogP) is 5.86. The number of rotatable bonds is 12. The number of hydrogen-bond acceptors (Lipinski definition) is 7. The van der Waals surface area contributed by atoms with E-state index in [2.05, 4.69) is 5.32 Å². The normalized spacial score (nSPS) is 10.8. The van der Waals surface area contributed by atoms with Crippen LogP contribution >= 0.6 is 0 Å². The monoisotopic (exact) mass is 513 g/mol. The second kappa shape index (κ2) is 12.6. The van der Waals surface area contributed by atoms with Crippen LogP contribution in [0.4, 0.5) is 14.5 Å². The number of benzene rings is 3. The fraction of sp³-hybridized carbons (Fsp3) is 0.250. The third-order valence-electron chi connectivity index (χ3n) is 5.61. The molecule has 1 N–H and O–H groups in total. The molecule has 0 aliphatic carbocycles. The van der Waals surface area contributed by atoms with Crippen molar-refractivity contribution in [1.29, 1.82) is 0 Å². The molecule has 0 aliphatic rings. The number of carbonyl (C=O) groups is 1. The van der Waals surface area contributed by atoms with Crippen LogP contribution in [-0.4, -0.2) is 47.9 Å². The highest BCUT2D eigenvalue weighted by Gasteiger charge is 2.14. The van der Waals surface area contributed by atoms with E-state index < -0.39 is 11.6 Å². The summed E-state index contributed by atoms with van der Waals surface area (Å²) < 4.78 is 54.6. The molecule has 9 heteroatoms. The van der Waals surface area contributed by atoms with Crippen molar-refractivity contribution in [2.45, 2.75) is 6.42 Å². The van der Waals surface area contributed by atoms with Gasteiger partial charge in [-0.3, -0.25) is 4.79 Å². The highest BCUT2D eigenvalue weighted by Crippen LogP contribution is 2.39. The fourth-order valence-electron chi connectivity index (χ4n) is 3.69. The number of ether oxygens (including phenoxy) is 5. The van der Waals surface area contributed by atoms with E-state index in [-0.39, 0.29) is 35.8 Å². The highest BCUT2D eigenvalue weighted by molar-refractivity contribution is 5.96. The molecular formula is C28H29F2NO6. The molecule has 0 radical (unpaired) electrons. The Morgan fingerprint density at radius 1 is 0.757 bits per heavy atom. The van der Waals surface area contributed by atoms with Gasteiger partial charge in [-0.2, -0.15) is 0 Å². The molecule has 3 aromatic carbocycles. The molecule has 196 valence electrons. The van der Waals surface area contributed by atoms with Gasteiger partial charge in [0, 0.05) is 35.8 Å². The molecular weight excluding hydrogens is 484 g/mol. The first-order valence-electron chi connectivity index (χ1n) is 11.3. The first kappa shape index (κ1) is 27.3. The van der Waals surface area contributed by atoms with Gasteiger partial charge in [-0.05, 0) is 42.0 Å². The van der Waals surface area contributed by atoms with Crippen LogP contribution in [0.15, 0.2) is 42.5 Å². The van der Waals surface area contributed by atoms with Crippen molar-refractivity contribution < 1.29 is 37.3 Å². The van der Waals surface area contributed by atoms with Gasteiger partial charge in [-0.15, -0.1) is 0 Å². The van der Waals surface area contributed by atoms with E-state index in [0.29, 0.717) is 28.5 Å². The van der Waals surface area contributed by atoms with Crippen molar-refractivity contribution >= 4 is 23.6 Å². The van der Waals surface area contributed by atoms with Crippen molar-refractivity contribution in [3.05, 3.63) is 70.8 Å². The van der Waals surface area contributed by atoms with Gasteiger partial charge in [-0.1, -0.05) is 12.2 Å². The van der Waals surface area contributed by atoms with Crippen LogP contribution in [0.3, 0.4) is 0 Å². The quantitative estimate of drug-likeness (QED) is 0.240. The van der Waals surface area contributed by atoms with Gasteiger partial charge in [0.15, 0.2) is 40.4 Å². The minimum atomic E-state index is -0.608. The second-order valence-electron chi connectivity index (χ2n) is 7.82. The molecule has 3 aromatic rings. The van der Waals surface area contributed by atoms with Gasteiger partial charge in [-0.25, -0.2) is 8.78 Å². The van der Waals surface area contributed by atoms with Crippen molar-refractivity contribution in [3.8, 4) is 28.7 Å². The molecule has 7 nitrogen and oxygen atoms in total. The molecule has 37 heavy (non-hydrogen) atoms. The number of nitrogens with one attached hydrogen (secondary N) is 1. The summed E-state index contributed by atoms with van der Waals surface area (Å²) in [7, 11) is 7.29. The molecule has 0 unspecified atom stereocenters. The molecule has 0 saturated heterocycles. The summed E-state index contributed by atoms with van der Waals surface area (Å²) in [6.45, 7) is 0.228. The van der Waals surface area contributed by atoms with E-state index in [9.17, 15) is 13.6 Å². The van der Waals surface area contributed by atoms with Gasteiger partial charge >= 0.3 is 0 Å². The maximum Gasteiger partial charge on any atom is 0.203 e. The number of hydrogen-bond donors (Lipinski definition) is 1. The lowest BCUT2D eigenvalue weighted by Crippen LogP contribution is -2.10. The summed E-state index contributed by atoms with van der Waals surface area (Å²) in [5.74, 6) is 0.140. The number of carbonyl (C=O) groups excluding carboxylic acids is 1. The molecule has 0 amide bonds. The standard InChI is InChI=1S/C28H29F2NO6/c1-33-24-9-8-19(15-20(24)29)23(32)10-11-31-22-16-25(34-2)21(30)14-18(22)7-6-17-12-26(35-3)28(37-5)27(13-17)36-4/h6-9,12-16,31H,10-11H2,1-5H3/b7-6-. The van der Waals surface area contributed by atoms with E-state index in [1.165, 1.54) is 59.8 Å². The predicted molar refractivity (Wildman–Crippen MR) is 138 cm³/mol. The van der Waals surface area contributed by atoms with Gasteiger partial charge in [0.25, 0.3) is 0 Å². The fourth-order valence-corrected chi connectivity index (χ4v) is 3.69. The molecule has 0 spiro atoms.